The lowest BCUT2D eigenvalue weighted by Crippen LogP contribution is -2.39. The third kappa shape index (κ3) is 5.09. The van der Waals surface area contributed by atoms with E-state index in [-0.39, 0.29) is 10.8 Å². The molecule has 1 saturated heterocycles. The number of hydrogen-bond donors (Lipinski definition) is 2. The molecular formula is C17H15Cl2F3N2O3S. The standard InChI is InChI=1S/C17H15Cl2F3N2O3S/c18-14-6-1-10(7-15(14)19)13-8-23-9-16(13)24-28(25,26)12-4-2-11(3-5-12)27-17(20,21)22/h1-7,13,16,23-24H,8-9H2. The van der Waals surface area contributed by atoms with Crippen LogP contribution >= 0.6 is 23.2 Å². The molecule has 28 heavy (non-hydrogen) atoms. The molecule has 1 aliphatic rings. The third-order valence-electron chi connectivity index (χ3n) is 4.26. The van der Waals surface area contributed by atoms with E-state index in [1.54, 1.807) is 18.2 Å². The van der Waals surface area contributed by atoms with Gasteiger partial charge in [0.15, 0.2) is 0 Å². The van der Waals surface area contributed by atoms with Crippen LogP contribution in [0.25, 0.3) is 0 Å². The first kappa shape index (κ1) is 21.2. The van der Waals surface area contributed by atoms with E-state index < -0.39 is 28.2 Å². The maximum Gasteiger partial charge on any atom is 0.573 e. The van der Waals surface area contributed by atoms with E-state index in [1.165, 1.54) is 0 Å². The minimum absolute atomic E-state index is 0.165. The van der Waals surface area contributed by atoms with Crippen molar-refractivity contribution in [2.24, 2.45) is 0 Å². The molecule has 1 heterocycles. The number of alkyl halides is 3. The molecule has 0 aromatic heterocycles. The van der Waals surface area contributed by atoms with Gasteiger partial charge in [-0.05, 0) is 42.0 Å². The monoisotopic (exact) mass is 454 g/mol. The van der Waals surface area contributed by atoms with Crippen molar-refractivity contribution in [1.29, 1.82) is 0 Å². The summed E-state index contributed by atoms with van der Waals surface area (Å²) in [5.74, 6) is -0.681. The van der Waals surface area contributed by atoms with Gasteiger partial charge in [-0.1, -0.05) is 29.3 Å². The van der Waals surface area contributed by atoms with Gasteiger partial charge in [0.1, 0.15) is 5.75 Å². The van der Waals surface area contributed by atoms with Crippen molar-refractivity contribution in [3.8, 4) is 5.75 Å². The zero-order valence-electron chi connectivity index (χ0n) is 14.1. The lowest BCUT2D eigenvalue weighted by Gasteiger charge is -2.21. The third-order valence-corrected chi connectivity index (χ3v) is 6.50. The summed E-state index contributed by atoms with van der Waals surface area (Å²) >= 11 is 12.0. The average molecular weight is 455 g/mol. The largest absolute Gasteiger partial charge is 0.573 e. The van der Waals surface area contributed by atoms with Gasteiger partial charge >= 0.3 is 6.36 Å². The van der Waals surface area contributed by atoms with Crippen molar-refractivity contribution in [2.45, 2.75) is 23.2 Å². The van der Waals surface area contributed by atoms with Gasteiger partial charge in [0.2, 0.25) is 10.0 Å². The summed E-state index contributed by atoms with van der Waals surface area (Å²) in [6.07, 6.45) is -4.85. The number of rotatable bonds is 5. The molecule has 2 aromatic rings. The van der Waals surface area contributed by atoms with Crippen molar-refractivity contribution in [2.75, 3.05) is 13.1 Å². The Kier molecular flexibility index (Phi) is 6.11. The quantitative estimate of drug-likeness (QED) is 0.718. The normalized spacial score (nSPS) is 20.3. The van der Waals surface area contributed by atoms with E-state index in [2.05, 4.69) is 14.8 Å². The Balaban J connectivity index is 1.76. The molecule has 1 fully saturated rings. The van der Waals surface area contributed by atoms with Gasteiger partial charge in [-0.15, -0.1) is 13.2 Å². The molecular weight excluding hydrogens is 440 g/mol. The second-order valence-corrected chi connectivity index (χ2v) is 8.71. The first-order valence-corrected chi connectivity index (χ1v) is 10.3. The number of sulfonamides is 1. The van der Waals surface area contributed by atoms with Crippen LogP contribution in [-0.2, 0) is 10.0 Å². The summed E-state index contributed by atoms with van der Waals surface area (Å²) in [5.41, 5.74) is 0.820. The van der Waals surface area contributed by atoms with Crippen LogP contribution in [0.3, 0.4) is 0 Å². The molecule has 0 bridgehead atoms. The fraction of sp³-hybridized carbons (Fsp3) is 0.294. The summed E-state index contributed by atoms with van der Waals surface area (Å²) in [4.78, 5) is -0.165. The fourth-order valence-corrected chi connectivity index (χ4v) is 4.57. The average Bonchev–Trinajstić information content (AvgIpc) is 3.04. The van der Waals surface area contributed by atoms with Crippen molar-refractivity contribution in [3.63, 3.8) is 0 Å². The van der Waals surface area contributed by atoms with E-state index in [9.17, 15) is 21.6 Å². The first-order valence-electron chi connectivity index (χ1n) is 8.09. The maximum absolute atomic E-state index is 12.6. The summed E-state index contributed by atoms with van der Waals surface area (Å²) in [6.45, 7) is 0.920. The Labute approximate surface area is 169 Å². The molecule has 152 valence electrons. The summed E-state index contributed by atoms with van der Waals surface area (Å²) in [6, 6.07) is 8.65. The van der Waals surface area contributed by atoms with Crippen LogP contribution in [0.4, 0.5) is 13.2 Å². The highest BCUT2D eigenvalue weighted by molar-refractivity contribution is 7.89. The topological polar surface area (TPSA) is 67.4 Å². The Morgan fingerprint density at radius 1 is 1.04 bits per heavy atom. The zero-order valence-corrected chi connectivity index (χ0v) is 16.5. The first-order chi connectivity index (χ1) is 13.0. The minimum Gasteiger partial charge on any atom is -0.406 e. The minimum atomic E-state index is -4.85. The lowest BCUT2D eigenvalue weighted by atomic mass is 9.95. The molecule has 3 rings (SSSR count). The van der Waals surface area contributed by atoms with E-state index in [0.29, 0.717) is 23.1 Å². The maximum atomic E-state index is 12.6. The van der Waals surface area contributed by atoms with Crippen LogP contribution in [0.2, 0.25) is 10.0 Å². The van der Waals surface area contributed by atoms with Crippen molar-refractivity contribution < 1.29 is 26.3 Å². The summed E-state index contributed by atoms with van der Waals surface area (Å²) in [5, 5.41) is 3.88. The molecule has 2 unspecified atom stereocenters. The predicted molar refractivity (Wildman–Crippen MR) is 99.3 cm³/mol. The predicted octanol–water partition coefficient (Wildman–Crippen LogP) is 3.93. The second kappa shape index (κ2) is 8.08. The van der Waals surface area contributed by atoms with Gasteiger partial charge in [0.25, 0.3) is 0 Å². The molecule has 0 aliphatic carbocycles. The molecule has 5 nitrogen and oxygen atoms in total. The smallest absolute Gasteiger partial charge is 0.406 e. The molecule has 11 heteroatoms. The molecule has 2 N–H and O–H groups in total. The van der Waals surface area contributed by atoms with Crippen LogP contribution in [0, 0.1) is 0 Å². The highest BCUT2D eigenvalue weighted by Gasteiger charge is 2.33. The molecule has 2 aromatic carbocycles. The van der Waals surface area contributed by atoms with Crippen molar-refractivity contribution >= 4 is 33.2 Å². The number of halogens is 5. The van der Waals surface area contributed by atoms with Gasteiger partial charge < -0.3 is 10.1 Å². The second-order valence-electron chi connectivity index (χ2n) is 6.19. The molecule has 2 atom stereocenters. The van der Waals surface area contributed by atoms with Crippen LogP contribution in [-0.4, -0.2) is 33.9 Å². The highest BCUT2D eigenvalue weighted by atomic mass is 35.5. The zero-order chi connectivity index (χ0) is 20.5. The number of nitrogens with one attached hydrogen (secondary N) is 2. The highest BCUT2D eigenvalue weighted by Crippen LogP contribution is 2.30. The molecule has 1 aliphatic heterocycles. The molecule has 0 radical (unpaired) electrons. The van der Waals surface area contributed by atoms with E-state index in [0.717, 1.165) is 29.8 Å². The molecule has 0 spiro atoms. The summed E-state index contributed by atoms with van der Waals surface area (Å²) < 4.78 is 68.3. The van der Waals surface area contributed by atoms with Gasteiger partial charge in [0, 0.05) is 25.0 Å². The lowest BCUT2D eigenvalue weighted by molar-refractivity contribution is -0.274. The Hall–Kier alpha value is -1.52. The van der Waals surface area contributed by atoms with E-state index >= 15 is 0 Å². The molecule has 0 amide bonds. The van der Waals surface area contributed by atoms with Gasteiger partial charge in [-0.2, -0.15) is 0 Å². The number of ether oxygens (including phenoxy) is 1. The van der Waals surface area contributed by atoms with E-state index in [4.69, 9.17) is 23.2 Å². The Morgan fingerprint density at radius 3 is 2.32 bits per heavy atom. The van der Waals surface area contributed by atoms with Crippen molar-refractivity contribution in [1.82, 2.24) is 10.0 Å². The van der Waals surface area contributed by atoms with Gasteiger partial charge in [-0.25, -0.2) is 13.1 Å². The van der Waals surface area contributed by atoms with Crippen LogP contribution in [0.15, 0.2) is 47.4 Å². The van der Waals surface area contributed by atoms with E-state index in [1.807, 2.05) is 0 Å². The van der Waals surface area contributed by atoms with Crippen molar-refractivity contribution in [3.05, 3.63) is 58.1 Å². The van der Waals surface area contributed by atoms with Crippen LogP contribution in [0.1, 0.15) is 11.5 Å². The van der Waals surface area contributed by atoms with Gasteiger partial charge in [0.05, 0.1) is 14.9 Å². The Morgan fingerprint density at radius 2 is 1.71 bits per heavy atom. The summed E-state index contributed by atoms with van der Waals surface area (Å²) in [7, 11) is -3.95. The van der Waals surface area contributed by atoms with Crippen LogP contribution in [0.5, 0.6) is 5.75 Å². The van der Waals surface area contributed by atoms with Crippen LogP contribution < -0.4 is 14.8 Å². The number of benzene rings is 2. The SMILES string of the molecule is O=S(=O)(NC1CNCC1c1ccc(Cl)c(Cl)c1)c1ccc(OC(F)(F)F)cc1. The Bertz CT molecular complexity index is 953. The number of hydrogen-bond acceptors (Lipinski definition) is 4. The fourth-order valence-electron chi connectivity index (χ4n) is 2.98. The van der Waals surface area contributed by atoms with Gasteiger partial charge in [-0.3, -0.25) is 0 Å². The molecule has 0 saturated carbocycles.